The van der Waals surface area contributed by atoms with Gasteiger partial charge in [-0.1, -0.05) is 24.3 Å². The van der Waals surface area contributed by atoms with E-state index >= 15 is 0 Å². The van der Waals surface area contributed by atoms with Gasteiger partial charge in [-0.2, -0.15) is 0 Å². The molecule has 5 rings (SSSR count). The minimum atomic E-state index is -3.61. The number of carbonyl (C=O) groups is 2. The van der Waals surface area contributed by atoms with Crippen LogP contribution in [0.5, 0.6) is 0 Å². The van der Waals surface area contributed by atoms with E-state index in [1.54, 1.807) is 12.1 Å². The molecule has 1 aromatic heterocycles. The Kier molecular flexibility index (Phi) is 4.84. The molecular weight excluding hydrogens is 442 g/mol. The van der Waals surface area contributed by atoms with Crippen molar-refractivity contribution < 1.29 is 18.0 Å². The number of hydrogen-bond donors (Lipinski definition) is 1. The Labute approximate surface area is 192 Å². The fraction of sp³-hybridized carbons (Fsp3) is 0.348. The Morgan fingerprint density at radius 3 is 2.64 bits per heavy atom. The molecule has 172 valence electrons. The summed E-state index contributed by atoms with van der Waals surface area (Å²) in [7, 11) is -0.654. The molecule has 9 nitrogen and oxygen atoms in total. The van der Waals surface area contributed by atoms with Crippen LogP contribution < -0.4 is 5.32 Å². The molecule has 3 amide bonds. The summed E-state index contributed by atoms with van der Waals surface area (Å²) in [6.45, 7) is 2.51. The van der Waals surface area contributed by atoms with Gasteiger partial charge in [0.2, 0.25) is 10.0 Å². The van der Waals surface area contributed by atoms with Crippen LogP contribution in [0.2, 0.25) is 0 Å². The van der Waals surface area contributed by atoms with Crippen LogP contribution in [0, 0.1) is 0 Å². The average molecular weight is 468 g/mol. The molecule has 1 spiro atoms. The molecule has 0 bridgehead atoms. The van der Waals surface area contributed by atoms with E-state index in [1.165, 1.54) is 25.1 Å². The number of fused-ring (bicyclic) bond motifs is 3. The summed E-state index contributed by atoms with van der Waals surface area (Å²) < 4.78 is 28.1. The first-order valence-corrected chi connectivity index (χ1v) is 12.3. The van der Waals surface area contributed by atoms with Gasteiger partial charge in [0, 0.05) is 20.6 Å². The van der Waals surface area contributed by atoms with Crippen molar-refractivity contribution in [3.8, 4) is 0 Å². The molecule has 1 aliphatic carbocycles. The molecule has 3 aromatic rings. The van der Waals surface area contributed by atoms with Gasteiger partial charge >= 0.3 is 6.03 Å². The lowest BCUT2D eigenvalue weighted by Crippen LogP contribution is -2.41. The monoisotopic (exact) mass is 467 g/mol. The minimum Gasteiger partial charge on any atom is -0.327 e. The van der Waals surface area contributed by atoms with Gasteiger partial charge in [0.1, 0.15) is 11.4 Å². The van der Waals surface area contributed by atoms with E-state index in [0.29, 0.717) is 24.3 Å². The quantitative estimate of drug-likeness (QED) is 0.580. The number of sulfonamides is 1. The zero-order valence-electron chi connectivity index (χ0n) is 18.7. The van der Waals surface area contributed by atoms with Gasteiger partial charge in [-0.15, -0.1) is 0 Å². The highest BCUT2D eigenvalue weighted by molar-refractivity contribution is 7.89. The third-order valence-electron chi connectivity index (χ3n) is 6.62. The normalized spacial score (nSPS) is 20.3. The van der Waals surface area contributed by atoms with Crippen LogP contribution in [-0.2, 0) is 39.9 Å². The number of amides is 3. The van der Waals surface area contributed by atoms with Crippen molar-refractivity contribution in [3.05, 3.63) is 59.4 Å². The summed E-state index contributed by atoms with van der Waals surface area (Å²) in [5, 5.41) is 2.93. The second kappa shape index (κ2) is 7.39. The Hall–Kier alpha value is -3.24. The fourth-order valence-corrected chi connectivity index (χ4v) is 5.80. The van der Waals surface area contributed by atoms with Crippen LogP contribution >= 0.6 is 0 Å². The van der Waals surface area contributed by atoms with E-state index in [-0.39, 0.29) is 17.3 Å². The summed E-state index contributed by atoms with van der Waals surface area (Å²) >= 11 is 0. The standard InChI is InChI=1S/C23H25N5O4S/c1-4-27-19-10-9-16(33(31,32)26(2)3)13-18(19)24-20(27)14-28-21(29)23(25-22(28)30)12-11-15-7-5-6-8-17(15)23/h5-10,13H,4,11-12,14H2,1-3H3,(H,25,30)/t23-/m0/s1. The van der Waals surface area contributed by atoms with Crippen molar-refractivity contribution in [2.24, 2.45) is 0 Å². The molecule has 1 saturated heterocycles. The van der Waals surface area contributed by atoms with Gasteiger partial charge in [0.15, 0.2) is 0 Å². The average Bonchev–Trinajstić information content (AvgIpc) is 3.41. The lowest BCUT2D eigenvalue weighted by molar-refractivity contribution is -0.132. The van der Waals surface area contributed by atoms with Gasteiger partial charge in [-0.05, 0) is 49.1 Å². The van der Waals surface area contributed by atoms with Gasteiger partial charge in [-0.25, -0.2) is 22.5 Å². The van der Waals surface area contributed by atoms with E-state index in [4.69, 9.17) is 0 Å². The van der Waals surface area contributed by atoms with E-state index in [2.05, 4.69) is 10.3 Å². The molecule has 2 aromatic carbocycles. The van der Waals surface area contributed by atoms with Crippen molar-refractivity contribution in [2.75, 3.05) is 14.1 Å². The van der Waals surface area contributed by atoms with E-state index in [9.17, 15) is 18.0 Å². The Balaban J connectivity index is 1.52. The van der Waals surface area contributed by atoms with Gasteiger partial charge < -0.3 is 9.88 Å². The molecule has 1 fully saturated rings. The predicted molar refractivity (Wildman–Crippen MR) is 122 cm³/mol. The molecule has 10 heteroatoms. The number of carbonyl (C=O) groups excluding carboxylic acids is 2. The lowest BCUT2D eigenvalue weighted by Gasteiger charge is -2.22. The van der Waals surface area contributed by atoms with Crippen LogP contribution in [0.3, 0.4) is 0 Å². The number of rotatable bonds is 5. The molecular formula is C23H25N5O4S. The number of aromatic nitrogens is 2. The maximum Gasteiger partial charge on any atom is 0.325 e. The first kappa shape index (κ1) is 21.6. The zero-order valence-corrected chi connectivity index (χ0v) is 19.5. The fourth-order valence-electron chi connectivity index (χ4n) is 4.88. The molecule has 1 aliphatic heterocycles. The second-order valence-corrected chi connectivity index (χ2v) is 10.7. The number of hydrogen-bond acceptors (Lipinski definition) is 5. The van der Waals surface area contributed by atoms with Crippen molar-refractivity contribution in [3.63, 3.8) is 0 Å². The summed E-state index contributed by atoms with van der Waals surface area (Å²) in [6, 6.07) is 12.1. The van der Waals surface area contributed by atoms with E-state index in [0.717, 1.165) is 27.4 Å². The Morgan fingerprint density at radius 1 is 1.15 bits per heavy atom. The van der Waals surface area contributed by atoms with Crippen molar-refractivity contribution in [1.29, 1.82) is 0 Å². The van der Waals surface area contributed by atoms with Crippen molar-refractivity contribution in [2.45, 2.75) is 43.3 Å². The van der Waals surface area contributed by atoms with Crippen LogP contribution in [0.15, 0.2) is 47.4 Å². The maximum absolute atomic E-state index is 13.5. The molecule has 0 saturated carbocycles. The summed E-state index contributed by atoms with van der Waals surface area (Å²) in [5.74, 6) is 0.252. The van der Waals surface area contributed by atoms with Crippen LogP contribution in [-0.4, -0.2) is 53.2 Å². The predicted octanol–water partition coefficient (Wildman–Crippen LogP) is 2.20. The molecule has 0 unspecified atom stereocenters. The molecule has 2 heterocycles. The van der Waals surface area contributed by atoms with Crippen molar-refractivity contribution >= 4 is 33.0 Å². The number of imidazole rings is 1. The van der Waals surface area contributed by atoms with E-state index < -0.39 is 21.6 Å². The number of benzene rings is 2. The first-order chi connectivity index (χ1) is 15.7. The minimum absolute atomic E-state index is 0.00681. The molecule has 33 heavy (non-hydrogen) atoms. The third-order valence-corrected chi connectivity index (χ3v) is 8.43. The van der Waals surface area contributed by atoms with Crippen LogP contribution in [0.4, 0.5) is 4.79 Å². The van der Waals surface area contributed by atoms with Crippen molar-refractivity contribution in [1.82, 2.24) is 24.1 Å². The smallest absolute Gasteiger partial charge is 0.325 e. The van der Waals surface area contributed by atoms with Crippen LogP contribution in [0.1, 0.15) is 30.3 Å². The molecule has 1 N–H and O–H groups in total. The number of nitrogens with one attached hydrogen (secondary N) is 1. The topological polar surface area (TPSA) is 105 Å². The summed E-state index contributed by atoms with van der Waals surface area (Å²) in [5.41, 5.74) is 2.15. The molecule has 2 aliphatic rings. The second-order valence-electron chi connectivity index (χ2n) is 8.59. The number of nitrogens with zero attached hydrogens (tertiary/aromatic N) is 4. The van der Waals surface area contributed by atoms with Gasteiger partial charge in [0.05, 0.1) is 22.5 Å². The highest BCUT2D eigenvalue weighted by Gasteiger charge is 2.55. The number of imide groups is 1. The largest absolute Gasteiger partial charge is 0.327 e. The van der Waals surface area contributed by atoms with Gasteiger partial charge in [0.25, 0.3) is 5.91 Å². The number of urea groups is 1. The van der Waals surface area contributed by atoms with E-state index in [1.807, 2.05) is 35.8 Å². The molecule has 1 atom stereocenters. The van der Waals surface area contributed by atoms with Crippen LogP contribution in [0.25, 0.3) is 11.0 Å². The highest BCUT2D eigenvalue weighted by atomic mass is 32.2. The Morgan fingerprint density at radius 2 is 1.91 bits per heavy atom. The summed E-state index contributed by atoms with van der Waals surface area (Å²) in [4.78, 5) is 32.4. The summed E-state index contributed by atoms with van der Waals surface area (Å²) in [6.07, 6.45) is 1.26. The Bertz CT molecular complexity index is 1410. The SMILES string of the molecule is CCn1c(CN2C(=O)N[C@]3(CCc4ccccc43)C2=O)nc2cc(S(=O)(=O)N(C)C)ccc21. The zero-order chi connectivity index (χ0) is 23.5. The lowest BCUT2D eigenvalue weighted by atomic mass is 9.92. The third kappa shape index (κ3) is 3.08. The molecule has 0 radical (unpaired) electrons. The van der Waals surface area contributed by atoms with Gasteiger partial charge in [-0.3, -0.25) is 9.69 Å². The highest BCUT2D eigenvalue weighted by Crippen LogP contribution is 2.41. The first-order valence-electron chi connectivity index (χ1n) is 10.8. The maximum atomic E-state index is 13.5. The number of aryl methyl sites for hydroxylation is 2.